The molecule has 10 heteroatoms. The second kappa shape index (κ2) is 8.67. The zero-order valence-electron chi connectivity index (χ0n) is 17.5. The lowest BCUT2D eigenvalue weighted by molar-refractivity contribution is 0.103. The van der Waals surface area contributed by atoms with Crippen LogP contribution < -0.4 is 11.1 Å². The number of halogens is 2. The van der Waals surface area contributed by atoms with E-state index >= 15 is 0 Å². The SMILES string of the molecule is CN(C)CCNc1ncc(-c2cnc3[nH]cc(C(=O)c4c(F)ccc(N)c4F)c3c2)cn1. The van der Waals surface area contributed by atoms with Crippen molar-refractivity contribution in [3.63, 3.8) is 0 Å². The predicted molar refractivity (Wildman–Crippen MR) is 118 cm³/mol. The van der Waals surface area contributed by atoms with Crippen LogP contribution in [0.1, 0.15) is 15.9 Å². The number of pyridine rings is 1. The van der Waals surface area contributed by atoms with Crippen molar-refractivity contribution >= 4 is 28.5 Å². The molecule has 0 spiro atoms. The van der Waals surface area contributed by atoms with Gasteiger partial charge in [0.15, 0.2) is 5.82 Å². The number of fused-ring (bicyclic) bond motifs is 1. The van der Waals surface area contributed by atoms with Gasteiger partial charge in [-0.2, -0.15) is 0 Å². The minimum Gasteiger partial charge on any atom is -0.396 e. The fraction of sp³-hybridized carbons (Fsp3) is 0.182. The number of likely N-dealkylation sites (N-methyl/N-ethyl adjacent to an activating group) is 1. The normalized spacial score (nSPS) is 11.3. The van der Waals surface area contributed by atoms with E-state index in [1.54, 1.807) is 24.7 Å². The molecule has 0 fully saturated rings. The Kier molecular flexibility index (Phi) is 5.78. The summed E-state index contributed by atoms with van der Waals surface area (Å²) in [4.78, 5) is 30.8. The van der Waals surface area contributed by atoms with Gasteiger partial charge in [0, 0.05) is 60.0 Å². The van der Waals surface area contributed by atoms with Gasteiger partial charge < -0.3 is 20.9 Å². The highest BCUT2D eigenvalue weighted by molar-refractivity contribution is 6.16. The average molecular weight is 437 g/mol. The molecule has 8 nitrogen and oxygen atoms in total. The highest BCUT2D eigenvalue weighted by Gasteiger charge is 2.24. The molecule has 32 heavy (non-hydrogen) atoms. The first-order chi connectivity index (χ1) is 15.3. The number of H-pyrrole nitrogens is 1. The molecule has 0 amide bonds. The first kappa shape index (κ1) is 21.3. The fourth-order valence-electron chi connectivity index (χ4n) is 3.22. The number of aromatic amines is 1. The van der Waals surface area contributed by atoms with Crippen molar-refractivity contribution in [2.24, 2.45) is 0 Å². The number of nitrogens with two attached hydrogens (primary N) is 1. The molecule has 4 N–H and O–H groups in total. The largest absolute Gasteiger partial charge is 0.396 e. The number of nitrogen functional groups attached to an aromatic ring is 1. The van der Waals surface area contributed by atoms with Crippen molar-refractivity contribution in [3.8, 4) is 11.1 Å². The number of aromatic nitrogens is 4. The van der Waals surface area contributed by atoms with Crippen molar-refractivity contribution in [2.45, 2.75) is 0 Å². The molecule has 0 bridgehead atoms. The summed E-state index contributed by atoms with van der Waals surface area (Å²) in [6.45, 7) is 1.54. The number of ketones is 1. The van der Waals surface area contributed by atoms with E-state index in [-0.39, 0.29) is 11.3 Å². The van der Waals surface area contributed by atoms with Gasteiger partial charge in [-0.05, 0) is 32.3 Å². The second-order valence-corrected chi connectivity index (χ2v) is 7.50. The Morgan fingerprint density at radius 3 is 2.56 bits per heavy atom. The van der Waals surface area contributed by atoms with Crippen LogP contribution in [0.2, 0.25) is 0 Å². The summed E-state index contributed by atoms with van der Waals surface area (Å²) >= 11 is 0. The quantitative estimate of drug-likeness (QED) is 0.301. The van der Waals surface area contributed by atoms with E-state index in [0.717, 1.165) is 18.7 Å². The number of anilines is 2. The zero-order chi connectivity index (χ0) is 22.8. The Morgan fingerprint density at radius 1 is 1.12 bits per heavy atom. The summed E-state index contributed by atoms with van der Waals surface area (Å²) in [5, 5.41) is 3.55. The van der Waals surface area contributed by atoms with Gasteiger partial charge in [-0.15, -0.1) is 0 Å². The van der Waals surface area contributed by atoms with Crippen molar-refractivity contribution in [3.05, 3.63) is 65.7 Å². The topological polar surface area (TPSA) is 113 Å². The summed E-state index contributed by atoms with van der Waals surface area (Å²) in [5.74, 6) is -2.39. The number of hydrogen-bond acceptors (Lipinski definition) is 7. The zero-order valence-corrected chi connectivity index (χ0v) is 17.5. The summed E-state index contributed by atoms with van der Waals surface area (Å²) in [7, 11) is 3.95. The molecule has 0 radical (unpaired) electrons. The lowest BCUT2D eigenvalue weighted by atomic mass is 10.0. The van der Waals surface area contributed by atoms with Crippen LogP contribution in [0.25, 0.3) is 22.2 Å². The summed E-state index contributed by atoms with van der Waals surface area (Å²) in [5.41, 5.74) is 6.34. The molecule has 4 rings (SSSR count). The van der Waals surface area contributed by atoms with Crippen LogP contribution in [0.3, 0.4) is 0 Å². The first-order valence-corrected chi connectivity index (χ1v) is 9.81. The molecule has 3 aromatic heterocycles. The number of carbonyl (C=O) groups excluding carboxylic acids is 1. The lowest BCUT2D eigenvalue weighted by Crippen LogP contribution is -2.21. The second-order valence-electron chi connectivity index (χ2n) is 7.50. The van der Waals surface area contributed by atoms with Crippen LogP contribution in [-0.4, -0.2) is 57.8 Å². The number of rotatable bonds is 7. The summed E-state index contributed by atoms with van der Waals surface area (Å²) < 4.78 is 28.6. The van der Waals surface area contributed by atoms with Crippen LogP contribution in [-0.2, 0) is 0 Å². The summed E-state index contributed by atoms with van der Waals surface area (Å²) in [6.07, 6.45) is 6.26. The van der Waals surface area contributed by atoms with E-state index in [1.165, 1.54) is 6.20 Å². The standard InChI is InChI=1S/C22H21F2N7O/c1-31(2)6-5-26-22-29-9-13(10-30-22)12-7-14-15(11-28-21(14)27-8-12)20(32)18-16(23)3-4-17(25)19(18)24/h3-4,7-11H,5-6,25H2,1-2H3,(H,27,28)(H,26,29,30). The molecular formula is C22H21F2N7O. The molecule has 0 aliphatic carbocycles. The Morgan fingerprint density at radius 2 is 1.84 bits per heavy atom. The Bertz CT molecular complexity index is 1290. The van der Waals surface area contributed by atoms with Crippen LogP contribution >= 0.6 is 0 Å². The molecular weight excluding hydrogens is 416 g/mol. The number of carbonyl (C=O) groups is 1. The maximum atomic E-state index is 14.4. The maximum Gasteiger partial charge on any atom is 0.222 e. The van der Waals surface area contributed by atoms with E-state index in [2.05, 4.69) is 25.3 Å². The molecule has 164 valence electrons. The monoisotopic (exact) mass is 437 g/mol. The minimum absolute atomic E-state index is 0.0839. The highest BCUT2D eigenvalue weighted by Crippen LogP contribution is 2.28. The number of nitrogens with zero attached hydrogens (tertiary/aromatic N) is 4. The number of hydrogen-bond donors (Lipinski definition) is 3. The maximum absolute atomic E-state index is 14.4. The third-order valence-electron chi connectivity index (χ3n) is 4.95. The molecule has 0 saturated heterocycles. The van der Waals surface area contributed by atoms with Gasteiger partial charge in [0.1, 0.15) is 11.5 Å². The predicted octanol–water partition coefficient (Wildman–Crippen LogP) is 3.08. The van der Waals surface area contributed by atoms with Gasteiger partial charge in [0.05, 0.1) is 11.3 Å². The third-order valence-corrected chi connectivity index (χ3v) is 4.95. The fourth-order valence-corrected chi connectivity index (χ4v) is 3.22. The number of nitrogens with one attached hydrogen (secondary N) is 2. The van der Waals surface area contributed by atoms with E-state index in [4.69, 9.17) is 5.73 Å². The Labute approximate surface area is 182 Å². The van der Waals surface area contributed by atoms with Crippen molar-refractivity contribution in [1.29, 1.82) is 0 Å². The van der Waals surface area contributed by atoms with Crippen molar-refractivity contribution < 1.29 is 13.6 Å². The van der Waals surface area contributed by atoms with E-state index in [0.29, 0.717) is 34.7 Å². The van der Waals surface area contributed by atoms with Gasteiger partial charge >= 0.3 is 0 Å². The van der Waals surface area contributed by atoms with E-state index in [9.17, 15) is 13.6 Å². The molecule has 0 unspecified atom stereocenters. The van der Waals surface area contributed by atoms with Crippen LogP contribution in [0.5, 0.6) is 0 Å². The molecule has 0 aliphatic rings. The van der Waals surface area contributed by atoms with E-state index in [1.807, 2.05) is 19.0 Å². The van der Waals surface area contributed by atoms with Gasteiger partial charge in [-0.3, -0.25) is 4.79 Å². The molecule has 3 heterocycles. The minimum atomic E-state index is -1.08. The third kappa shape index (κ3) is 4.12. The molecule has 0 saturated carbocycles. The Balaban J connectivity index is 1.65. The molecule has 0 aliphatic heterocycles. The van der Waals surface area contributed by atoms with Gasteiger partial charge in [0.25, 0.3) is 0 Å². The van der Waals surface area contributed by atoms with Gasteiger partial charge in [-0.1, -0.05) is 0 Å². The molecule has 1 aromatic carbocycles. The first-order valence-electron chi connectivity index (χ1n) is 9.81. The smallest absolute Gasteiger partial charge is 0.222 e. The lowest BCUT2D eigenvalue weighted by Gasteiger charge is -2.10. The van der Waals surface area contributed by atoms with Crippen LogP contribution in [0, 0.1) is 11.6 Å². The van der Waals surface area contributed by atoms with Crippen LogP contribution in [0.4, 0.5) is 20.4 Å². The molecule has 4 aromatic rings. The van der Waals surface area contributed by atoms with E-state index < -0.39 is 23.0 Å². The van der Waals surface area contributed by atoms with Crippen molar-refractivity contribution in [1.82, 2.24) is 24.8 Å². The van der Waals surface area contributed by atoms with Crippen LogP contribution in [0.15, 0.2) is 43.0 Å². The highest BCUT2D eigenvalue weighted by atomic mass is 19.1. The number of benzene rings is 1. The molecule has 0 atom stereocenters. The van der Waals surface area contributed by atoms with Gasteiger partial charge in [-0.25, -0.2) is 23.7 Å². The summed E-state index contributed by atoms with van der Waals surface area (Å²) in [6, 6.07) is 3.75. The van der Waals surface area contributed by atoms with Gasteiger partial charge in [0.2, 0.25) is 11.7 Å². The average Bonchev–Trinajstić information content (AvgIpc) is 3.20. The van der Waals surface area contributed by atoms with Crippen molar-refractivity contribution in [2.75, 3.05) is 38.2 Å². The Hall–Kier alpha value is -3.92.